The van der Waals surface area contributed by atoms with E-state index in [-0.39, 0.29) is 0 Å². The number of rotatable bonds is 4. The van der Waals surface area contributed by atoms with Crippen molar-refractivity contribution in [3.63, 3.8) is 0 Å². The van der Waals surface area contributed by atoms with Crippen LogP contribution in [0.2, 0.25) is 0 Å². The van der Waals surface area contributed by atoms with Crippen LogP contribution in [0.5, 0.6) is 0 Å². The molecule has 2 aromatic rings. The smallest absolute Gasteiger partial charge is 0.411 e. The summed E-state index contributed by atoms with van der Waals surface area (Å²) < 4.78 is 4.75. The van der Waals surface area contributed by atoms with Gasteiger partial charge in [-0.3, -0.25) is 15.1 Å². The van der Waals surface area contributed by atoms with Crippen molar-refractivity contribution >= 4 is 23.5 Å². The molecule has 1 N–H and O–H groups in total. The molecule has 0 radical (unpaired) electrons. The molecule has 0 atom stereocenters. The Bertz CT molecular complexity index is 1120. The van der Waals surface area contributed by atoms with Gasteiger partial charge in [-0.25, -0.2) is 24.8 Å². The van der Waals surface area contributed by atoms with Crippen molar-refractivity contribution in [2.24, 2.45) is 4.99 Å². The summed E-state index contributed by atoms with van der Waals surface area (Å²) in [5.74, 6) is 0.988. The van der Waals surface area contributed by atoms with E-state index < -0.39 is 6.09 Å². The van der Waals surface area contributed by atoms with E-state index in [4.69, 9.17) is 9.57 Å². The van der Waals surface area contributed by atoms with E-state index in [0.29, 0.717) is 12.3 Å². The number of fused-ring (bicyclic) bond motifs is 3. The van der Waals surface area contributed by atoms with Crippen LogP contribution in [-0.2, 0) is 9.57 Å². The number of allylic oxidation sites excluding steroid dienone is 1. The third kappa shape index (κ3) is 4.69. The van der Waals surface area contributed by atoms with Crippen LogP contribution in [0.4, 0.5) is 4.79 Å². The second-order valence-corrected chi connectivity index (χ2v) is 7.75. The van der Waals surface area contributed by atoms with Gasteiger partial charge in [-0.15, -0.1) is 0 Å². The molecule has 0 spiro atoms. The van der Waals surface area contributed by atoms with Gasteiger partial charge < -0.3 is 14.5 Å². The summed E-state index contributed by atoms with van der Waals surface area (Å²) in [4.78, 5) is 38.2. The number of methoxy groups -OCH3 is 1. The average Bonchev–Trinajstić information content (AvgIpc) is 3.30. The number of pyridine rings is 1. The van der Waals surface area contributed by atoms with Crippen molar-refractivity contribution in [1.29, 1.82) is 0 Å². The third-order valence-electron chi connectivity index (χ3n) is 5.44. The number of hydrogen-bond donors (Lipinski definition) is 1. The fourth-order valence-corrected chi connectivity index (χ4v) is 3.92. The van der Waals surface area contributed by atoms with Gasteiger partial charge in [0.1, 0.15) is 23.7 Å². The summed E-state index contributed by atoms with van der Waals surface area (Å²) in [6.07, 6.45) is 9.23. The molecular weight excluding hydrogens is 436 g/mol. The minimum absolute atomic E-state index is 0.489. The van der Waals surface area contributed by atoms with Crippen LogP contribution in [0.25, 0.3) is 11.2 Å². The molecule has 0 fully saturated rings. The van der Waals surface area contributed by atoms with Crippen LogP contribution < -0.4 is 5.32 Å². The monoisotopic (exact) mass is 464 g/mol. The number of carbonyl (C=O) groups is 1. The molecular formula is C23H28N8O3. The number of amides is 1. The predicted molar refractivity (Wildman–Crippen MR) is 127 cm³/mol. The maximum Gasteiger partial charge on any atom is 0.411 e. The summed E-state index contributed by atoms with van der Waals surface area (Å²) in [6.45, 7) is 6.38. The van der Waals surface area contributed by atoms with Crippen molar-refractivity contribution in [3.05, 3.63) is 65.4 Å². The van der Waals surface area contributed by atoms with E-state index in [1.807, 2.05) is 25.3 Å². The molecule has 5 rings (SSSR count). The summed E-state index contributed by atoms with van der Waals surface area (Å²) in [6, 6.07) is 3.73. The fraction of sp³-hybridized carbons (Fsp3) is 0.348. The van der Waals surface area contributed by atoms with Gasteiger partial charge in [0.2, 0.25) is 0 Å². The van der Waals surface area contributed by atoms with E-state index in [9.17, 15) is 4.79 Å². The fourth-order valence-electron chi connectivity index (χ4n) is 3.92. The quantitative estimate of drug-likeness (QED) is 0.730. The Morgan fingerprint density at radius 2 is 1.97 bits per heavy atom. The molecule has 178 valence electrons. The number of nitrogens with one attached hydrogen (secondary N) is 1. The lowest BCUT2D eigenvalue weighted by molar-refractivity contribution is -0.0971. The molecule has 0 saturated heterocycles. The van der Waals surface area contributed by atoms with Gasteiger partial charge in [0.25, 0.3) is 0 Å². The second kappa shape index (κ2) is 10.3. The van der Waals surface area contributed by atoms with Crippen LogP contribution in [0.1, 0.15) is 20.3 Å². The standard InChI is InChI=1S/C16H23N5O3.C7H5N3/c1-5-6-19-8-11(2)13(18-16(22)23-3)14-15(19)21-10-20(24-4)9-12(21)7-17-14;1-2-6-7(9-3-1)10-5-4-8-6/h7,9H,5-6,8,10H2,1-4H3,(H,18,22);1-5H. The molecule has 11 nitrogen and oxygen atoms in total. The first-order chi connectivity index (χ1) is 16.5. The summed E-state index contributed by atoms with van der Waals surface area (Å²) >= 11 is 0. The Labute approximate surface area is 198 Å². The minimum atomic E-state index is -0.489. The topological polar surface area (TPSA) is 108 Å². The van der Waals surface area contributed by atoms with Crippen LogP contribution in [0.15, 0.2) is 70.4 Å². The highest BCUT2D eigenvalue weighted by atomic mass is 16.7. The maximum absolute atomic E-state index is 11.7. The Hall–Kier alpha value is -3.99. The molecule has 3 aliphatic heterocycles. The molecule has 0 aromatic carbocycles. The van der Waals surface area contributed by atoms with Crippen LogP contribution in [0, 0.1) is 0 Å². The van der Waals surface area contributed by atoms with E-state index in [1.54, 1.807) is 37.0 Å². The molecule has 0 unspecified atom stereocenters. The van der Waals surface area contributed by atoms with Gasteiger partial charge in [-0.1, -0.05) is 6.92 Å². The van der Waals surface area contributed by atoms with Crippen molar-refractivity contribution in [2.75, 3.05) is 34.0 Å². The average molecular weight is 465 g/mol. The lowest BCUT2D eigenvalue weighted by atomic mass is 10.1. The summed E-state index contributed by atoms with van der Waals surface area (Å²) in [5.41, 5.74) is 5.03. The van der Waals surface area contributed by atoms with E-state index in [1.165, 1.54) is 7.11 Å². The van der Waals surface area contributed by atoms with E-state index in [2.05, 4.69) is 42.0 Å². The van der Waals surface area contributed by atoms with Gasteiger partial charge in [0.15, 0.2) is 5.65 Å². The first-order valence-corrected chi connectivity index (χ1v) is 11.0. The zero-order chi connectivity index (χ0) is 24.1. The normalized spacial score (nSPS) is 16.7. The first kappa shape index (κ1) is 23.2. The number of hydroxylamine groups is 2. The zero-order valence-electron chi connectivity index (χ0n) is 19.7. The largest absolute Gasteiger partial charge is 0.453 e. The zero-order valence-corrected chi connectivity index (χ0v) is 19.7. The Morgan fingerprint density at radius 1 is 1.18 bits per heavy atom. The number of nitrogens with zero attached hydrogens (tertiary/aromatic N) is 7. The van der Waals surface area contributed by atoms with Crippen molar-refractivity contribution in [1.82, 2.24) is 35.1 Å². The first-order valence-electron chi connectivity index (χ1n) is 11.0. The van der Waals surface area contributed by atoms with Crippen molar-refractivity contribution < 1.29 is 14.4 Å². The number of ether oxygens (including phenoxy) is 1. The second-order valence-electron chi connectivity index (χ2n) is 7.75. The lowest BCUT2D eigenvalue weighted by Gasteiger charge is -2.40. The highest BCUT2D eigenvalue weighted by Gasteiger charge is 2.36. The summed E-state index contributed by atoms with van der Waals surface area (Å²) in [7, 11) is 3.00. The number of carbonyl (C=O) groups excluding carboxylic acids is 1. The van der Waals surface area contributed by atoms with Crippen LogP contribution in [-0.4, -0.2) is 76.1 Å². The maximum atomic E-state index is 11.7. The van der Waals surface area contributed by atoms with Crippen LogP contribution in [0.3, 0.4) is 0 Å². The summed E-state index contributed by atoms with van der Waals surface area (Å²) in [5, 5.41) is 4.56. The highest BCUT2D eigenvalue weighted by Crippen LogP contribution is 2.36. The Morgan fingerprint density at radius 3 is 2.71 bits per heavy atom. The minimum Gasteiger partial charge on any atom is -0.453 e. The molecule has 1 amide bonds. The SMILES string of the molecule is CCCN1CC(C)=C(NC(=O)OC)C2=C1N1CN(OC)C=C1C=N2.c1cnc2nccnc2c1. The van der Waals surface area contributed by atoms with Crippen molar-refractivity contribution in [3.8, 4) is 0 Å². The van der Waals surface area contributed by atoms with Gasteiger partial charge in [0, 0.05) is 31.7 Å². The number of aromatic nitrogens is 3. The molecule has 34 heavy (non-hydrogen) atoms. The number of alkyl carbamates (subject to hydrolysis) is 1. The number of aliphatic imine (C=N–C) groups is 1. The van der Waals surface area contributed by atoms with Gasteiger partial charge in [-0.2, -0.15) is 0 Å². The molecule has 0 saturated carbocycles. The van der Waals surface area contributed by atoms with Crippen molar-refractivity contribution in [2.45, 2.75) is 20.3 Å². The molecule has 0 aliphatic carbocycles. The third-order valence-corrected chi connectivity index (χ3v) is 5.44. The van der Waals surface area contributed by atoms with Gasteiger partial charge in [0.05, 0.1) is 38.0 Å². The molecule has 5 heterocycles. The van der Waals surface area contributed by atoms with Crippen LogP contribution >= 0.6 is 0 Å². The van der Waals surface area contributed by atoms with E-state index >= 15 is 0 Å². The molecule has 11 heteroatoms. The number of hydrogen-bond acceptors (Lipinski definition) is 10. The Kier molecular flexibility index (Phi) is 7.02. The predicted octanol–water partition coefficient (Wildman–Crippen LogP) is 2.60. The highest BCUT2D eigenvalue weighted by molar-refractivity contribution is 5.83. The van der Waals surface area contributed by atoms with Gasteiger partial charge >= 0.3 is 6.09 Å². The van der Waals surface area contributed by atoms with Gasteiger partial charge in [-0.05, 0) is 31.1 Å². The Balaban J connectivity index is 0.000000226. The van der Waals surface area contributed by atoms with E-state index in [0.717, 1.165) is 53.5 Å². The molecule has 2 aromatic heterocycles. The lowest BCUT2D eigenvalue weighted by Crippen LogP contribution is -2.44. The molecule has 0 bridgehead atoms. The molecule has 3 aliphatic rings.